The molecule has 1 aliphatic heterocycles. The molecule has 17 heavy (non-hydrogen) atoms. The molecular weight excluding hydrogens is 212 g/mol. The van der Waals surface area contributed by atoms with Crippen LogP contribution in [0.25, 0.3) is 0 Å². The summed E-state index contributed by atoms with van der Waals surface area (Å²) in [5, 5.41) is 3.41. The molecular formula is C14H26N2O. The highest BCUT2D eigenvalue weighted by Crippen LogP contribution is 2.40. The van der Waals surface area contributed by atoms with Crippen LogP contribution in [0.15, 0.2) is 0 Å². The second kappa shape index (κ2) is 4.60. The minimum absolute atomic E-state index is 0.0442. The number of rotatable bonds is 2. The molecule has 0 spiro atoms. The van der Waals surface area contributed by atoms with Crippen LogP contribution in [0, 0.1) is 5.41 Å². The number of carbonyl (C=O) groups is 1. The first-order valence-electron chi connectivity index (χ1n) is 7.05. The van der Waals surface area contributed by atoms with Gasteiger partial charge in [-0.25, -0.2) is 0 Å². The van der Waals surface area contributed by atoms with Crippen molar-refractivity contribution in [1.29, 1.82) is 0 Å². The zero-order valence-corrected chi connectivity index (χ0v) is 11.6. The maximum absolute atomic E-state index is 12.4. The van der Waals surface area contributed by atoms with Gasteiger partial charge in [-0.2, -0.15) is 0 Å². The molecule has 3 heteroatoms. The fourth-order valence-electron chi connectivity index (χ4n) is 3.52. The SMILES string of the molecule is CCC1NC(C)N(C2CCCCC2(C)C)C1=O. The van der Waals surface area contributed by atoms with Crippen LogP contribution in [0.2, 0.25) is 0 Å². The molecule has 98 valence electrons. The molecule has 1 amide bonds. The van der Waals surface area contributed by atoms with Gasteiger partial charge in [0.2, 0.25) is 5.91 Å². The summed E-state index contributed by atoms with van der Waals surface area (Å²) < 4.78 is 0. The lowest BCUT2D eigenvalue weighted by Gasteiger charge is -2.45. The Kier molecular flexibility index (Phi) is 3.48. The van der Waals surface area contributed by atoms with Crippen molar-refractivity contribution in [1.82, 2.24) is 10.2 Å². The Bertz CT molecular complexity index is 301. The Balaban J connectivity index is 2.18. The third-order valence-electron chi connectivity index (χ3n) is 4.61. The summed E-state index contributed by atoms with van der Waals surface area (Å²) in [6.45, 7) is 8.84. The molecule has 1 saturated carbocycles. The van der Waals surface area contributed by atoms with Crippen LogP contribution in [0.3, 0.4) is 0 Å². The first-order valence-corrected chi connectivity index (χ1v) is 7.05. The minimum atomic E-state index is 0.0442. The van der Waals surface area contributed by atoms with Crippen LogP contribution in [-0.4, -0.2) is 29.1 Å². The van der Waals surface area contributed by atoms with Gasteiger partial charge in [0.15, 0.2) is 0 Å². The molecule has 3 atom stereocenters. The van der Waals surface area contributed by atoms with Gasteiger partial charge in [0.05, 0.1) is 12.2 Å². The highest BCUT2D eigenvalue weighted by atomic mass is 16.2. The summed E-state index contributed by atoms with van der Waals surface area (Å²) in [6, 6.07) is 0.463. The second-order valence-corrected chi connectivity index (χ2v) is 6.30. The van der Waals surface area contributed by atoms with Gasteiger partial charge in [-0.1, -0.05) is 33.6 Å². The summed E-state index contributed by atoms with van der Waals surface area (Å²) in [5.74, 6) is 0.319. The van der Waals surface area contributed by atoms with Crippen LogP contribution in [0.1, 0.15) is 59.8 Å². The van der Waals surface area contributed by atoms with Crippen molar-refractivity contribution < 1.29 is 4.79 Å². The smallest absolute Gasteiger partial charge is 0.241 e. The van der Waals surface area contributed by atoms with Crippen molar-refractivity contribution in [2.45, 2.75) is 78.0 Å². The summed E-state index contributed by atoms with van der Waals surface area (Å²) in [4.78, 5) is 14.5. The van der Waals surface area contributed by atoms with E-state index in [1.807, 2.05) is 0 Å². The predicted molar refractivity (Wildman–Crippen MR) is 69.6 cm³/mol. The van der Waals surface area contributed by atoms with Gasteiger partial charge in [0.25, 0.3) is 0 Å². The summed E-state index contributed by atoms with van der Waals surface area (Å²) in [5.41, 5.74) is 0.270. The largest absolute Gasteiger partial charge is 0.323 e. The Morgan fingerprint density at radius 2 is 2.12 bits per heavy atom. The molecule has 2 aliphatic rings. The van der Waals surface area contributed by atoms with Crippen LogP contribution in [-0.2, 0) is 4.79 Å². The number of amides is 1. The standard InChI is InChI=1S/C14H26N2O/c1-5-11-13(17)16(10(2)15-11)12-8-6-7-9-14(12,3)4/h10-12,15H,5-9H2,1-4H3. The Labute approximate surface area is 105 Å². The average molecular weight is 238 g/mol. The maximum atomic E-state index is 12.4. The molecule has 3 unspecified atom stereocenters. The first-order chi connectivity index (χ1) is 7.97. The van der Waals surface area contributed by atoms with E-state index >= 15 is 0 Å². The molecule has 0 aromatic carbocycles. The number of nitrogens with one attached hydrogen (secondary N) is 1. The van der Waals surface area contributed by atoms with Crippen LogP contribution < -0.4 is 5.32 Å². The van der Waals surface area contributed by atoms with Crippen LogP contribution in [0.4, 0.5) is 0 Å². The highest BCUT2D eigenvalue weighted by molar-refractivity contribution is 5.84. The average Bonchev–Trinajstić information content (AvgIpc) is 2.54. The lowest BCUT2D eigenvalue weighted by Crippen LogP contribution is -2.51. The van der Waals surface area contributed by atoms with Crippen molar-refractivity contribution >= 4 is 5.91 Å². The van der Waals surface area contributed by atoms with Gasteiger partial charge in [-0.05, 0) is 31.6 Å². The fraction of sp³-hybridized carbons (Fsp3) is 0.929. The van der Waals surface area contributed by atoms with E-state index < -0.39 is 0 Å². The van der Waals surface area contributed by atoms with Gasteiger partial charge in [0.1, 0.15) is 0 Å². The first kappa shape index (κ1) is 12.9. The van der Waals surface area contributed by atoms with E-state index in [0.717, 1.165) is 6.42 Å². The molecule has 1 N–H and O–H groups in total. The van der Waals surface area contributed by atoms with Gasteiger partial charge >= 0.3 is 0 Å². The molecule has 3 nitrogen and oxygen atoms in total. The minimum Gasteiger partial charge on any atom is -0.323 e. The third-order valence-corrected chi connectivity index (χ3v) is 4.61. The van der Waals surface area contributed by atoms with Gasteiger partial charge < -0.3 is 4.90 Å². The van der Waals surface area contributed by atoms with E-state index in [1.54, 1.807) is 0 Å². The summed E-state index contributed by atoms with van der Waals surface area (Å²) in [7, 11) is 0. The van der Waals surface area contributed by atoms with Crippen molar-refractivity contribution in [2.75, 3.05) is 0 Å². The Morgan fingerprint density at radius 3 is 2.65 bits per heavy atom. The number of carbonyl (C=O) groups excluding carboxylic acids is 1. The molecule has 1 aliphatic carbocycles. The zero-order valence-electron chi connectivity index (χ0n) is 11.6. The Morgan fingerprint density at radius 1 is 1.41 bits per heavy atom. The number of hydrogen-bond donors (Lipinski definition) is 1. The molecule has 2 rings (SSSR count). The van der Waals surface area contributed by atoms with E-state index in [0.29, 0.717) is 11.9 Å². The van der Waals surface area contributed by atoms with E-state index in [9.17, 15) is 4.79 Å². The lowest BCUT2D eigenvalue weighted by molar-refractivity contribution is -0.135. The van der Waals surface area contributed by atoms with Crippen molar-refractivity contribution in [3.05, 3.63) is 0 Å². The van der Waals surface area contributed by atoms with Gasteiger partial charge in [-0.15, -0.1) is 0 Å². The second-order valence-electron chi connectivity index (χ2n) is 6.30. The molecule has 0 bridgehead atoms. The third kappa shape index (κ3) is 2.22. The maximum Gasteiger partial charge on any atom is 0.241 e. The number of hydrogen-bond acceptors (Lipinski definition) is 2. The van der Waals surface area contributed by atoms with E-state index in [2.05, 4.69) is 37.9 Å². The molecule has 2 fully saturated rings. The quantitative estimate of drug-likeness (QED) is 0.801. The van der Waals surface area contributed by atoms with Crippen LogP contribution in [0.5, 0.6) is 0 Å². The monoisotopic (exact) mass is 238 g/mol. The van der Waals surface area contributed by atoms with Gasteiger partial charge in [0, 0.05) is 6.04 Å². The van der Waals surface area contributed by atoms with E-state index in [-0.39, 0.29) is 17.6 Å². The Hall–Kier alpha value is -0.570. The fourth-order valence-corrected chi connectivity index (χ4v) is 3.52. The number of nitrogens with zero attached hydrogens (tertiary/aromatic N) is 1. The van der Waals surface area contributed by atoms with Crippen LogP contribution >= 0.6 is 0 Å². The summed E-state index contributed by atoms with van der Waals surface area (Å²) in [6.07, 6.45) is 6.08. The van der Waals surface area contributed by atoms with Crippen molar-refractivity contribution in [3.63, 3.8) is 0 Å². The van der Waals surface area contributed by atoms with E-state index in [4.69, 9.17) is 0 Å². The molecule has 1 saturated heterocycles. The summed E-state index contributed by atoms with van der Waals surface area (Å²) >= 11 is 0. The highest BCUT2D eigenvalue weighted by Gasteiger charge is 2.45. The molecule has 1 heterocycles. The van der Waals surface area contributed by atoms with Gasteiger partial charge in [-0.3, -0.25) is 10.1 Å². The zero-order chi connectivity index (χ0) is 12.6. The molecule has 0 aromatic heterocycles. The lowest BCUT2D eigenvalue weighted by atomic mass is 9.72. The van der Waals surface area contributed by atoms with E-state index in [1.165, 1.54) is 25.7 Å². The van der Waals surface area contributed by atoms with Crippen molar-refractivity contribution in [3.8, 4) is 0 Å². The molecule has 0 aromatic rings. The molecule has 0 radical (unpaired) electrons. The predicted octanol–water partition coefficient (Wildman–Crippen LogP) is 2.51. The van der Waals surface area contributed by atoms with Crippen molar-refractivity contribution in [2.24, 2.45) is 5.41 Å². The normalized spacial score (nSPS) is 37.5. The topological polar surface area (TPSA) is 32.3 Å².